The number of hydrogen-bond acceptors (Lipinski definition) is 6. The van der Waals surface area contributed by atoms with Crippen LogP contribution in [-0.2, 0) is 28.6 Å². The standard InChI is InChI=1S/C69H120O6/c1-4-7-10-13-16-19-22-24-26-28-30-32-34-36-38-40-42-44-47-50-53-56-59-62-68(71)74-65-66(64-73-67(70)61-58-55-52-49-46-21-18-15-12-9-6-3)75-69(72)63-60-57-54-51-48-45-43-41-39-37-35-33-31-29-27-25-23-20-17-14-11-8-5-2/h7,10,16,19,24,26,29-32,36,38,42,44,66H,4-6,8-9,11-15,17-18,20-23,25,27-28,33-35,37,39-41,43,45-65H2,1-3H3/b10-7-,19-16-,26-24-,31-29-,32-30-,38-36-,44-42-. The van der Waals surface area contributed by atoms with Crippen molar-refractivity contribution in [3.63, 3.8) is 0 Å². The molecule has 6 heteroatoms. The van der Waals surface area contributed by atoms with Crippen molar-refractivity contribution >= 4 is 17.9 Å². The lowest BCUT2D eigenvalue weighted by atomic mass is 10.0. The molecule has 0 heterocycles. The van der Waals surface area contributed by atoms with Crippen molar-refractivity contribution < 1.29 is 28.6 Å². The van der Waals surface area contributed by atoms with Crippen LogP contribution in [0.4, 0.5) is 0 Å². The Hall–Kier alpha value is -3.41. The highest BCUT2D eigenvalue weighted by Gasteiger charge is 2.19. The number of carbonyl (C=O) groups excluding carboxylic acids is 3. The van der Waals surface area contributed by atoms with Crippen LogP contribution in [0.1, 0.15) is 316 Å². The van der Waals surface area contributed by atoms with E-state index in [0.29, 0.717) is 19.3 Å². The van der Waals surface area contributed by atoms with Crippen LogP contribution in [0.15, 0.2) is 85.1 Å². The Kier molecular flexibility index (Phi) is 60.3. The number of carbonyl (C=O) groups is 3. The second-order valence-electron chi connectivity index (χ2n) is 21.3. The summed E-state index contributed by atoms with van der Waals surface area (Å²) in [4.78, 5) is 38.3. The first-order valence-electron chi connectivity index (χ1n) is 32.1. The predicted octanol–water partition coefficient (Wildman–Crippen LogP) is 21.9. The summed E-state index contributed by atoms with van der Waals surface area (Å²) in [6.07, 6.45) is 83.0. The maximum atomic E-state index is 12.9. The largest absolute Gasteiger partial charge is 0.462 e. The molecule has 0 amide bonds. The van der Waals surface area contributed by atoms with Crippen LogP contribution < -0.4 is 0 Å². The number of unbranched alkanes of at least 4 members (excludes halogenated alkanes) is 33. The van der Waals surface area contributed by atoms with E-state index in [1.165, 1.54) is 167 Å². The van der Waals surface area contributed by atoms with Gasteiger partial charge in [0, 0.05) is 19.3 Å². The third-order valence-corrected chi connectivity index (χ3v) is 13.9. The van der Waals surface area contributed by atoms with Gasteiger partial charge in [-0.2, -0.15) is 0 Å². The molecular formula is C69H120O6. The maximum absolute atomic E-state index is 12.9. The zero-order chi connectivity index (χ0) is 54.3. The molecule has 0 radical (unpaired) electrons. The predicted molar refractivity (Wildman–Crippen MR) is 325 cm³/mol. The van der Waals surface area contributed by atoms with Gasteiger partial charge in [0.1, 0.15) is 13.2 Å². The molecule has 0 aromatic carbocycles. The number of rotatable bonds is 58. The average Bonchev–Trinajstić information content (AvgIpc) is 3.41. The van der Waals surface area contributed by atoms with Crippen molar-refractivity contribution in [1.29, 1.82) is 0 Å². The molecule has 0 saturated carbocycles. The van der Waals surface area contributed by atoms with Crippen molar-refractivity contribution in [2.75, 3.05) is 13.2 Å². The zero-order valence-electron chi connectivity index (χ0n) is 49.6. The number of allylic oxidation sites excluding steroid dienone is 14. The fraction of sp³-hybridized carbons (Fsp3) is 0.754. The van der Waals surface area contributed by atoms with E-state index in [4.69, 9.17) is 14.2 Å². The van der Waals surface area contributed by atoms with E-state index in [2.05, 4.69) is 106 Å². The molecule has 1 unspecified atom stereocenters. The lowest BCUT2D eigenvalue weighted by molar-refractivity contribution is -0.167. The molecule has 0 aromatic rings. The van der Waals surface area contributed by atoms with Crippen molar-refractivity contribution in [3.8, 4) is 0 Å². The Bertz CT molecular complexity index is 1430. The summed E-state index contributed by atoms with van der Waals surface area (Å²) in [5.74, 6) is -0.898. The van der Waals surface area contributed by atoms with Crippen molar-refractivity contribution in [2.45, 2.75) is 322 Å². The maximum Gasteiger partial charge on any atom is 0.306 e. The topological polar surface area (TPSA) is 78.9 Å². The minimum absolute atomic E-state index is 0.0824. The molecule has 0 aromatic heterocycles. The summed E-state index contributed by atoms with van der Waals surface area (Å²) in [5, 5.41) is 0. The van der Waals surface area contributed by atoms with Gasteiger partial charge in [0.15, 0.2) is 6.10 Å². The molecule has 0 fully saturated rings. The molecule has 75 heavy (non-hydrogen) atoms. The minimum atomic E-state index is -0.787. The Balaban J connectivity index is 4.33. The molecule has 0 aliphatic heterocycles. The Morgan fingerprint density at radius 2 is 0.520 bits per heavy atom. The SMILES string of the molecule is CC/C=C\C/C=C\C/C=C\C/C=C\C/C=C\C/C=C\CCCCCCC(=O)OCC(COC(=O)CCCCCCCCCCCCC)OC(=O)CCCCCCCCCCCCC/C=C\CCCCCCCCCC. The van der Waals surface area contributed by atoms with Gasteiger partial charge in [-0.05, 0) is 96.3 Å². The van der Waals surface area contributed by atoms with Gasteiger partial charge in [-0.25, -0.2) is 0 Å². The van der Waals surface area contributed by atoms with Gasteiger partial charge in [-0.1, -0.05) is 286 Å². The number of hydrogen-bond donors (Lipinski definition) is 0. The van der Waals surface area contributed by atoms with Crippen LogP contribution in [0.3, 0.4) is 0 Å². The molecule has 0 spiro atoms. The van der Waals surface area contributed by atoms with Gasteiger partial charge in [-0.15, -0.1) is 0 Å². The molecule has 0 aliphatic carbocycles. The number of ether oxygens (including phenoxy) is 3. The average molecular weight is 1050 g/mol. The fourth-order valence-electron chi connectivity index (χ4n) is 9.09. The van der Waals surface area contributed by atoms with E-state index in [1.807, 2.05) is 0 Å². The zero-order valence-corrected chi connectivity index (χ0v) is 49.6. The minimum Gasteiger partial charge on any atom is -0.462 e. The third-order valence-electron chi connectivity index (χ3n) is 13.9. The first kappa shape index (κ1) is 71.6. The summed E-state index contributed by atoms with van der Waals surface area (Å²) in [6, 6.07) is 0. The highest BCUT2D eigenvalue weighted by atomic mass is 16.6. The van der Waals surface area contributed by atoms with Gasteiger partial charge < -0.3 is 14.2 Å². The van der Waals surface area contributed by atoms with Crippen LogP contribution in [0.2, 0.25) is 0 Å². The lowest BCUT2D eigenvalue weighted by Gasteiger charge is -2.18. The summed E-state index contributed by atoms with van der Waals surface area (Å²) in [6.45, 7) is 6.53. The summed E-state index contributed by atoms with van der Waals surface area (Å²) < 4.78 is 16.9. The second-order valence-corrected chi connectivity index (χ2v) is 21.3. The first-order chi connectivity index (χ1) is 37.0. The molecule has 0 rings (SSSR count). The van der Waals surface area contributed by atoms with E-state index in [0.717, 1.165) is 109 Å². The molecule has 0 saturated heterocycles. The van der Waals surface area contributed by atoms with Crippen LogP contribution in [-0.4, -0.2) is 37.2 Å². The normalized spacial score (nSPS) is 12.6. The molecule has 0 N–H and O–H groups in total. The van der Waals surface area contributed by atoms with Gasteiger partial charge in [-0.3, -0.25) is 14.4 Å². The molecular weight excluding hydrogens is 925 g/mol. The van der Waals surface area contributed by atoms with Crippen molar-refractivity contribution in [3.05, 3.63) is 85.1 Å². The smallest absolute Gasteiger partial charge is 0.306 e. The van der Waals surface area contributed by atoms with Crippen LogP contribution in [0.5, 0.6) is 0 Å². The fourth-order valence-corrected chi connectivity index (χ4v) is 9.09. The van der Waals surface area contributed by atoms with Gasteiger partial charge in [0.25, 0.3) is 0 Å². The Morgan fingerprint density at radius 3 is 0.827 bits per heavy atom. The quantitative estimate of drug-likeness (QED) is 0.0261. The van der Waals surface area contributed by atoms with Gasteiger partial charge in [0.2, 0.25) is 0 Å². The highest BCUT2D eigenvalue weighted by Crippen LogP contribution is 2.16. The van der Waals surface area contributed by atoms with E-state index in [9.17, 15) is 14.4 Å². The lowest BCUT2D eigenvalue weighted by Crippen LogP contribution is -2.30. The Morgan fingerprint density at radius 1 is 0.280 bits per heavy atom. The summed E-state index contributed by atoms with van der Waals surface area (Å²) >= 11 is 0. The van der Waals surface area contributed by atoms with Gasteiger partial charge >= 0.3 is 17.9 Å². The second kappa shape index (κ2) is 63.1. The number of esters is 3. The van der Waals surface area contributed by atoms with Crippen LogP contribution in [0, 0.1) is 0 Å². The summed E-state index contributed by atoms with van der Waals surface area (Å²) in [5.41, 5.74) is 0. The van der Waals surface area contributed by atoms with Crippen molar-refractivity contribution in [1.82, 2.24) is 0 Å². The van der Waals surface area contributed by atoms with E-state index in [-0.39, 0.29) is 31.1 Å². The molecule has 1 atom stereocenters. The van der Waals surface area contributed by atoms with Crippen LogP contribution >= 0.6 is 0 Å². The summed E-state index contributed by atoms with van der Waals surface area (Å²) in [7, 11) is 0. The monoisotopic (exact) mass is 1040 g/mol. The third kappa shape index (κ3) is 61.3. The highest BCUT2D eigenvalue weighted by molar-refractivity contribution is 5.71. The van der Waals surface area contributed by atoms with Crippen LogP contribution in [0.25, 0.3) is 0 Å². The molecule has 0 bridgehead atoms. The van der Waals surface area contributed by atoms with E-state index in [1.54, 1.807) is 0 Å². The Labute approximate surface area is 465 Å². The molecule has 6 nitrogen and oxygen atoms in total. The first-order valence-corrected chi connectivity index (χ1v) is 32.1. The van der Waals surface area contributed by atoms with E-state index >= 15 is 0 Å². The van der Waals surface area contributed by atoms with Gasteiger partial charge in [0.05, 0.1) is 0 Å². The van der Waals surface area contributed by atoms with Crippen molar-refractivity contribution in [2.24, 2.45) is 0 Å². The molecule has 0 aliphatic rings. The molecule has 432 valence electrons. The van der Waals surface area contributed by atoms with E-state index < -0.39 is 6.10 Å².